The first-order valence-corrected chi connectivity index (χ1v) is 8.79. The molecule has 1 unspecified atom stereocenters. The lowest BCUT2D eigenvalue weighted by atomic mass is 10.1. The summed E-state index contributed by atoms with van der Waals surface area (Å²) >= 11 is 0. The van der Waals surface area contributed by atoms with Gasteiger partial charge in [-0.1, -0.05) is 19.1 Å². The number of benzene rings is 1. The molecule has 0 amide bonds. The maximum absolute atomic E-state index is 11.2. The van der Waals surface area contributed by atoms with E-state index in [1.54, 1.807) is 0 Å². The molecule has 5 heteroatoms. The Hall–Kier alpha value is -1.59. The molecular weight excluding hydrogens is 304 g/mol. The zero-order valence-corrected chi connectivity index (χ0v) is 15.4. The lowest BCUT2D eigenvalue weighted by molar-refractivity contribution is -0.142. The number of esters is 1. The van der Waals surface area contributed by atoms with Gasteiger partial charge in [0.05, 0.1) is 7.11 Å². The molecule has 0 bridgehead atoms. The molecule has 2 rings (SSSR count). The number of nitrogens with one attached hydrogen (secondary N) is 1. The van der Waals surface area contributed by atoms with E-state index in [4.69, 9.17) is 4.74 Å². The Morgan fingerprint density at radius 2 is 2.04 bits per heavy atom. The van der Waals surface area contributed by atoms with Gasteiger partial charge in [-0.2, -0.15) is 0 Å². The van der Waals surface area contributed by atoms with Crippen molar-refractivity contribution >= 4 is 5.97 Å². The van der Waals surface area contributed by atoms with Crippen LogP contribution in [0.3, 0.4) is 0 Å². The van der Waals surface area contributed by atoms with Crippen LogP contribution in [0.1, 0.15) is 36.5 Å². The van der Waals surface area contributed by atoms with Gasteiger partial charge in [0, 0.05) is 19.1 Å². The molecule has 24 heavy (non-hydrogen) atoms. The maximum atomic E-state index is 11.2. The SMILES string of the molecule is CCN1CCCC1CNCc1cc(C)c(OCC(=O)OC)c(C)c1. The molecule has 1 aromatic carbocycles. The number of likely N-dealkylation sites (N-methyl/N-ethyl adjacent to an activating group) is 1. The zero-order chi connectivity index (χ0) is 17.5. The summed E-state index contributed by atoms with van der Waals surface area (Å²) in [5, 5.41) is 3.58. The van der Waals surface area contributed by atoms with Crippen molar-refractivity contribution in [3.8, 4) is 5.75 Å². The van der Waals surface area contributed by atoms with Crippen molar-refractivity contribution in [3.05, 3.63) is 28.8 Å². The van der Waals surface area contributed by atoms with Crippen LogP contribution in [0.5, 0.6) is 5.75 Å². The minimum absolute atomic E-state index is 0.0513. The molecule has 0 saturated carbocycles. The lowest BCUT2D eigenvalue weighted by Gasteiger charge is -2.23. The first-order valence-electron chi connectivity index (χ1n) is 8.79. The molecule has 1 saturated heterocycles. The lowest BCUT2D eigenvalue weighted by Crippen LogP contribution is -2.37. The van der Waals surface area contributed by atoms with E-state index < -0.39 is 0 Å². The largest absolute Gasteiger partial charge is 0.481 e. The molecule has 0 aromatic heterocycles. The first kappa shape index (κ1) is 18.7. The Balaban J connectivity index is 1.88. The van der Waals surface area contributed by atoms with E-state index in [9.17, 15) is 4.79 Å². The highest BCUT2D eigenvalue weighted by Crippen LogP contribution is 2.25. The normalized spacial score (nSPS) is 17.9. The standard InChI is InChI=1S/C19H30N2O3/c1-5-21-8-6-7-17(21)12-20-11-16-9-14(2)19(15(3)10-16)24-13-18(22)23-4/h9-10,17,20H,5-8,11-13H2,1-4H3. The third kappa shape index (κ3) is 4.95. The Kier molecular flexibility index (Phi) is 7.06. The summed E-state index contributed by atoms with van der Waals surface area (Å²) in [7, 11) is 1.37. The molecule has 1 fully saturated rings. The predicted octanol–water partition coefficient (Wildman–Crippen LogP) is 2.43. The number of carbonyl (C=O) groups excluding carboxylic acids is 1. The van der Waals surface area contributed by atoms with E-state index in [1.165, 1.54) is 32.1 Å². The van der Waals surface area contributed by atoms with Crippen LogP contribution in [-0.4, -0.2) is 50.3 Å². The Bertz CT molecular complexity index is 537. The fourth-order valence-electron chi connectivity index (χ4n) is 3.49. The Morgan fingerprint density at radius 3 is 2.67 bits per heavy atom. The second-order valence-corrected chi connectivity index (χ2v) is 6.48. The van der Waals surface area contributed by atoms with E-state index in [1.807, 2.05) is 13.8 Å². The summed E-state index contributed by atoms with van der Waals surface area (Å²) < 4.78 is 10.2. The minimum Gasteiger partial charge on any atom is -0.481 e. The molecule has 134 valence electrons. The van der Waals surface area contributed by atoms with Gasteiger partial charge >= 0.3 is 5.97 Å². The van der Waals surface area contributed by atoms with Crippen LogP contribution in [0, 0.1) is 13.8 Å². The molecule has 1 atom stereocenters. The smallest absolute Gasteiger partial charge is 0.343 e. The summed E-state index contributed by atoms with van der Waals surface area (Å²) in [6, 6.07) is 4.91. The van der Waals surface area contributed by atoms with Gasteiger partial charge < -0.3 is 14.8 Å². The summed E-state index contributed by atoms with van der Waals surface area (Å²) in [6.45, 7) is 10.5. The van der Waals surface area contributed by atoms with E-state index in [0.29, 0.717) is 6.04 Å². The van der Waals surface area contributed by atoms with Gasteiger partial charge in [0.1, 0.15) is 5.75 Å². The van der Waals surface area contributed by atoms with Crippen molar-refractivity contribution in [2.75, 3.05) is 33.4 Å². The molecular formula is C19H30N2O3. The molecule has 5 nitrogen and oxygen atoms in total. The van der Waals surface area contributed by atoms with Crippen molar-refractivity contribution in [1.82, 2.24) is 10.2 Å². The number of methoxy groups -OCH3 is 1. The van der Waals surface area contributed by atoms with Crippen molar-refractivity contribution in [2.24, 2.45) is 0 Å². The number of ether oxygens (including phenoxy) is 2. The monoisotopic (exact) mass is 334 g/mol. The number of likely N-dealkylation sites (tertiary alicyclic amines) is 1. The fourth-order valence-corrected chi connectivity index (χ4v) is 3.49. The number of carbonyl (C=O) groups is 1. The highest BCUT2D eigenvalue weighted by molar-refractivity contribution is 5.71. The third-order valence-electron chi connectivity index (χ3n) is 4.70. The fraction of sp³-hybridized carbons (Fsp3) is 0.632. The van der Waals surface area contributed by atoms with Gasteiger partial charge in [0.25, 0.3) is 0 Å². The quantitative estimate of drug-likeness (QED) is 0.740. The molecule has 0 radical (unpaired) electrons. The molecule has 1 aromatic rings. The number of nitrogens with zero attached hydrogens (tertiary/aromatic N) is 1. The second-order valence-electron chi connectivity index (χ2n) is 6.48. The van der Waals surface area contributed by atoms with Gasteiger partial charge in [-0.05, 0) is 56.5 Å². The average molecular weight is 334 g/mol. The Morgan fingerprint density at radius 1 is 1.33 bits per heavy atom. The highest BCUT2D eigenvalue weighted by Gasteiger charge is 2.22. The molecule has 0 spiro atoms. The number of rotatable bonds is 8. The molecule has 1 N–H and O–H groups in total. The van der Waals surface area contributed by atoms with Crippen LogP contribution in [0.25, 0.3) is 0 Å². The first-order chi connectivity index (χ1) is 11.5. The third-order valence-corrected chi connectivity index (χ3v) is 4.70. The van der Waals surface area contributed by atoms with Gasteiger partial charge in [0.15, 0.2) is 6.61 Å². The number of aryl methyl sites for hydroxylation is 2. The average Bonchev–Trinajstić information content (AvgIpc) is 3.01. The summed E-state index contributed by atoms with van der Waals surface area (Å²) in [5.74, 6) is 0.411. The summed E-state index contributed by atoms with van der Waals surface area (Å²) in [6.07, 6.45) is 2.60. The second kappa shape index (κ2) is 9.04. The van der Waals surface area contributed by atoms with Crippen LogP contribution >= 0.6 is 0 Å². The van der Waals surface area contributed by atoms with E-state index in [-0.39, 0.29) is 12.6 Å². The summed E-state index contributed by atoms with van der Waals surface area (Å²) in [4.78, 5) is 13.8. The van der Waals surface area contributed by atoms with Crippen molar-refractivity contribution in [1.29, 1.82) is 0 Å². The number of hydrogen-bond donors (Lipinski definition) is 1. The Labute approximate surface area is 145 Å². The van der Waals surface area contributed by atoms with E-state index in [0.717, 1.165) is 36.5 Å². The topological polar surface area (TPSA) is 50.8 Å². The number of hydrogen-bond acceptors (Lipinski definition) is 5. The van der Waals surface area contributed by atoms with Crippen LogP contribution in [-0.2, 0) is 16.1 Å². The van der Waals surface area contributed by atoms with Crippen LogP contribution in [0.4, 0.5) is 0 Å². The van der Waals surface area contributed by atoms with Crippen LogP contribution < -0.4 is 10.1 Å². The van der Waals surface area contributed by atoms with Gasteiger partial charge in [-0.25, -0.2) is 4.79 Å². The van der Waals surface area contributed by atoms with Crippen LogP contribution in [0.2, 0.25) is 0 Å². The molecule has 1 aliphatic heterocycles. The zero-order valence-electron chi connectivity index (χ0n) is 15.4. The van der Waals surface area contributed by atoms with Crippen LogP contribution in [0.15, 0.2) is 12.1 Å². The highest BCUT2D eigenvalue weighted by atomic mass is 16.6. The maximum Gasteiger partial charge on any atom is 0.343 e. The van der Waals surface area contributed by atoms with Gasteiger partial charge in [0.2, 0.25) is 0 Å². The van der Waals surface area contributed by atoms with E-state index >= 15 is 0 Å². The minimum atomic E-state index is -0.364. The molecule has 1 aliphatic rings. The van der Waals surface area contributed by atoms with Gasteiger partial charge in [-0.15, -0.1) is 0 Å². The van der Waals surface area contributed by atoms with Gasteiger partial charge in [-0.3, -0.25) is 4.90 Å². The molecule has 0 aliphatic carbocycles. The molecule has 1 heterocycles. The van der Waals surface area contributed by atoms with Crippen molar-refractivity contribution in [2.45, 2.75) is 46.2 Å². The van der Waals surface area contributed by atoms with Crippen molar-refractivity contribution < 1.29 is 14.3 Å². The van der Waals surface area contributed by atoms with Crippen molar-refractivity contribution in [3.63, 3.8) is 0 Å². The summed E-state index contributed by atoms with van der Waals surface area (Å²) in [5.41, 5.74) is 3.34. The van der Waals surface area contributed by atoms with E-state index in [2.05, 4.69) is 34.0 Å². The predicted molar refractivity (Wildman–Crippen MR) is 95.4 cm³/mol.